The predicted molar refractivity (Wildman–Crippen MR) is 86.9 cm³/mol. The van der Waals surface area contributed by atoms with E-state index in [-0.39, 0.29) is 0 Å². The standard InChI is InChI=1S/C19H23NO/c1-21-19-10-6-5-9-18(19)17-11-12-20-14-16(17)13-15-7-3-2-4-8-15/h2-10,16-17,20H,11-14H2,1H3. The summed E-state index contributed by atoms with van der Waals surface area (Å²) in [5.74, 6) is 2.22. The quantitative estimate of drug-likeness (QED) is 0.924. The average molecular weight is 281 g/mol. The molecule has 0 spiro atoms. The van der Waals surface area contributed by atoms with E-state index in [0.29, 0.717) is 11.8 Å². The van der Waals surface area contributed by atoms with Crippen molar-refractivity contribution in [2.45, 2.75) is 18.8 Å². The van der Waals surface area contributed by atoms with Gasteiger partial charge >= 0.3 is 0 Å². The zero-order valence-electron chi connectivity index (χ0n) is 12.6. The molecule has 1 N–H and O–H groups in total. The van der Waals surface area contributed by atoms with E-state index in [1.165, 1.54) is 17.5 Å². The smallest absolute Gasteiger partial charge is 0.122 e. The Balaban J connectivity index is 1.84. The Labute approximate surface area is 127 Å². The third kappa shape index (κ3) is 3.27. The fourth-order valence-electron chi connectivity index (χ4n) is 3.44. The van der Waals surface area contributed by atoms with Gasteiger partial charge in [0.25, 0.3) is 0 Å². The molecule has 2 nitrogen and oxygen atoms in total. The number of para-hydroxylation sites is 1. The van der Waals surface area contributed by atoms with Crippen molar-refractivity contribution in [1.82, 2.24) is 5.32 Å². The number of ether oxygens (including phenoxy) is 1. The molecule has 1 aliphatic rings. The van der Waals surface area contributed by atoms with Gasteiger partial charge in [-0.3, -0.25) is 0 Å². The number of benzene rings is 2. The fraction of sp³-hybridized carbons (Fsp3) is 0.368. The minimum Gasteiger partial charge on any atom is -0.496 e. The number of hydrogen-bond acceptors (Lipinski definition) is 2. The molecule has 1 heterocycles. The van der Waals surface area contributed by atoms with Gasteiger partial charge in [-0.05, 0) is 55.0 Å². The second-order valence-electron chi connectivity index (χ2n) is 5.79. The van der Waals surface area contributed by atoms with Crippen LogP contribution in [0.1, 0.15) is 23.5 Å². The number of piperidine rings is 1. The Kier molecular flexibility index (Phi) is 4.56. The minimum absolute atomic E-state index is 0.572. The van der Waals surface area contributed by atoms with E-state index in [2.05, 4.69) is 59.9 Å². The van der Waals surface area contributed by atoms with E-state index in [9.17, 15) is 0 Å². The minimum atomic E-state index is 0.572. The van der Waals surface area contributed by atoms with Gasteiger partial charge in [-0.2, -0.15) is 0 Å². The van der Waals surface area contributed by atoms with Crippen molar-refractivity contribution < 1.29 is 4.74 Å². The molecular weight excluding hydrogens is 258 g/mol. The lowest BCUT2D eigenvalue weighted by Gasteiger charge is -2.33. The van der Waals surface area contributed by atoms with Gasteiger partial charge in [0, 0.05) is 0 Å². The highest BCUT2D eigenvalue weighted by molar-refractivity contribution is 5.37. The van der Waals surface area contributed by atoms with E-state index >= 15 is 0 Å². The molecule has 2 aromatic rings. The Bertz CT molecular complexity index is 567. The molecule has 0 aliphatic carbocycles. The maximum Gasteiger partial charge on any atom is 0.122 e. The van der Waals surface area contributed by atoms with Crippen LogP contribution in [-0.4, -0.2) is 20.2 Å². The third-order valence-corrected chi connectivity index (χ3v) is 4.49. The summed E-state index contributed by atoms with van der Waals surface area (Å²) in [6.07, 6.45) is 2.30. The highest BCUT2D eigenvalue weighted by Gasteiger charge is 2.28. The maximum absolute atomic E-state index is 5.58. The number of methoxy groups -OCH3 is 1. The lowest BCUT2D eigenvalue weighted by Crippen LogP contribution is -2.36. The summed E-state index contributed by atoms with van der Waals surface area (Å²) < 4.78 is 5.58. The first kappa shape index (κ1) is 14.2. The summed E-state index contributed by atoms with van der Waals surface area (Å²) in [6, 6.07) is 19.3. The summed E-state index contributed by atoms with van der Waals surface area (Å²) in [5, 5.41) is 3.55. The Morgan fingerprint density at radius 2 is 1.81 bits per heavy atom. The van der Waals surface area contributed by atoms with Crippen LogP contribution in [0.4, 0.5) is 0 Å². The van der Waals surface area contributed by atoms with Gasteiger partial charge in [0.05, 0.1) is 7.11 Å². The second-order valence-corrected chi connectivity index (χ2v) is 5.79. The van der Waals surface area contributed by atoms with Gasteiger partial charge in [-0.1, -0.05) is 48.5 Å². The lowest BCUT2D eigenvalue weighted by atomic mass is 9.78. The number of rotatable bonds is 4. The first-order valence-electron chi connectivity index (χ1n) is 7.76. The molecule has 2 heteroatoms. The maximum atomic E-state index is 5.58. The van der Waals surface area contributed by atoms with Crippen molar-refractivity contribution in [3.05, 3.63) is 65.7 Å². The largest absolute Gasteiger partial charge is 0.496 e. The summed E-state index contributed by atoms with van der Waals surface area (Å²) in [4.78, 5) is 0. The highest BCUT2D eigenvalue weighted by atomic mass is 16.5. The van der Waals surface area contributed by atoms with E-state index in [1.54, 1.807) is 7.11 Å². The van der Waals surface area contributed by atoms with Crippen LogP contribution in [0.3, 0.4) is 0 Å². The molecule has 0 saturated carbocycles. The fourth-order valence-corrected chi connectivity index (χ4v) is 3.44. The predicted octanol–water partition coefficient (Wildman–Crippen LogP) is 3.63. The SMILES string of the molecule is COc1ccccc1C1CCNCC1Cc1ccccc1. The van der Waals surface area contributed by atoms with E-state index in [4.69, 9.17) is 4.74 Å². The van der Waals surface area contributed by atoms with Crippen LogP contribution in [0.5, 0.6) is 5.75 Å². The third-order valence-electron chi connectivity index (χ3n) is 4.49. The molecule has 0 bridgehead atoms. The van der Waals surface area contributed by atoms with Crippen LogP contribution < -0.4 is 10.1 Å². The molecule has 3 rings (SSSR count). The molecule has 0 aromatic heterocycles. The van der Waals surface area contributed by atoms with Crippen molar-refractivity contribution in [3.8, 4) is 5.75 Å². The van der Waals surface area contributed by atoms with Gasteiger partial charge in [0.2, 0.25) is 0 Å². The van der Waals surface area contributed by atoms with E-state index in [0.717, 1.165) is 25.3 Å². The van der Waals surface area contributed by atoms with E-state index < -0.39 is 0 Å². The normalized spacial score (nSPS) is 22.0. The van der Waals surface area contributed by atoms with Crippen LogP contribution in [0.2, 0.25) is 0 Å². The molecule has 2 atom stereocenters. The van der Waals surface area contributed by atoms with Crippen molar-refractivity contribution in [2.24, 2.45) is 5.92 Å². The molecule has 1 aliphatic heterocycles. The first-order chi connectivity index (χ1) is 10.4. The van der Waals surface area contributed by atoms with Gasteiger partial charge < -0.3 is 10.1 Å². The number of nitrogens with one attached hydrogen (secondary N) is 1. The van der Waals surface area contributed by atoms with Gasteiger partial charge in [-0.15, -0.1) is 0 Å². The van der Waals surface area contributed by atoms with Crippen LogP contribution >= 0.6 is 0 Å². The average Bonchev–Trinajstić information content (AvgIpc) is 2.56. The van der Waals surface area contributed by atoms with Crippen molar-refractivity contribution in [3.63, 3.8) is 0 Å². The first-order valence-corrected chi connectivity index (χ1v) is 7.76. The lowest BCUT2D eigenvalue weighted by molar-refractivity contribution is 0.313. The molecule has 1 fully saturated rings. The van der Waals surface area contributed by atoms with Crippen LogP contribution in [0.15, 0.2) is 54.6 Å². The van der Waals surface area contributed by atoms with Gasteiger partial charge in [0.15, 0.2) is 0 Å². The number of hydrogen-bond donors (Lipinski definition) is 1. The summed E-state index contributed by atoms with van der Waals surface area (Å²) >= 11 is 0. The molecule has 0 radical (unpaired) electrons. The topological polar surface area (TPSA) is 21.3 Å². The zero-order valence-corrected chi connectivity index (χ0v) is 12.6. The monoisotopic (exact) mass is 281 g/mol. The molecule has 2 aromatic carbocycles. The summed E-state index contributed by atoms with van der Waals surface area (Å²) in [5.41, 5.74) is 2.79. The van der Waals surface area contributed by atoms with Gasteiger partial charge in [-0.25, -0.2) is 0 Å². The van der Waals surface area contributed by atoms with E-state index in [1.807, 2.05) is 0 Å². The second kappa shape index (κ2) is 6.77. The van der Waals surface area contributed by atoms with Crippen molar-refractivity contribution in [1.29, 1.82) is 0 Å². The summed E-state index contributed by atoms with van der Waals surface area (Å²) in [6.45, 7) is 2.17. The summed E-state index contributed by atoms with van der Waals surface area (Å²) in [7, 11) is 1.77. The molecule has 2 unspecified atom stereocenters. The van der Waals surface area contributed by atoms with Crippen LogP contribution in [-0.2, 0) is 6.42 Å². The van der Waals surface area contributed by atoms with Crippen LogP contribution in [0.25, 0.3) is 0 Å². The Hall–Kier alpha value is -1.80. The van der Waals surface area contributed by atoms with Crippen LogP contribution in [0, 0.1) is 5.92 Å². The van der Waals surface area contributed by atoms with Crippen molar-refractivity contribution in [2.75, 3.05) is 20.2 Å². The Morgan fingerprint density at radius 1 is 1.05 bits per heavy atom. The molecule has 21 heavy (non-hydrogen) atoms. The molecule has 1 saturated heterocycles. The van der Waals surface area contributed by atoms with Crippen molar-refractivity contribution >= 4 is 0 Å². The molecular formula is C19H23NO. The highest BCUT2D eigenvalue weighted by Crippen LogP contribution is 2.37. The zero-order chi connectivity index (χ0) is 14.5. The molecule has 0 amide bonds. The molecule has 110 valence electrons. The Morgan fingerprint density at radius 3 is 2.62 bits per heavy atom. The van der Waals surface area contributed by atoms with Gasteiger partial charge in [0.1, 0.15) is 5.75 Å².